The topological polar surface area (TPSA) is 113 Å². The third-order valence-corrected chi connectivity index (χ3v) is 4.24. The van der Waals surface area contributed by atoms with E-state index in [0.717, 1.165) is 12.1 Å². The van der Waals surface area contributed by atoms with Gasteiger partial charge in [-0.3, -0.25) is 10.1 Å². The lowest BCUT2D eigenvalue weighted by atomic mass is 10.0. The number of rotatable bonds is 4. The first kappa shape index (κ1) is 18.5. The summed E-state index contributed by atoms with van der Waals surface area (Å²) >= 11 is 0. The fraction of sp³-hybridized carbons (Fsp3) is 0.158. The van der Waals surface area contributed by atoms with Gasteiger partial charge in [-0.15, -0.1) is 0 Å². The number of nitrogens with zero attached hydrogens (tertiary/aromatic N) is 2. The highest BCUT2D eigenvalue weighted by Gasteiger charge is 2.15. The molecule has 0 bridgehead atoms. The molecule has 0 radical (unpaired) electrons. The molecule has 10 heteroatoms. The van der Waals surface area contributed by atoms with E-state index >= 15 is 0 Å². The molecule has 2 aromatic heterocycles. The average molecular weight is 399 g/mol. The third-order valence-electron chi connectivity index (χ3n) is 4.24. The fourth-order valence-corrected chi connectivity index (χ4v) is 2.92. The number of amides is 1. The molecule has 0 aliphatic rings. The van der Waals surface area contributed by atoms with Crippen molar-refractivity contribution in [1.82, 2.24) is 20.2 Å². The molecule has 1 amide bonds. The van der Waals surface area contributed by atoms with E-state index in [4.69, 9.17) is 4.74 Å². The van der Waals surface area contributed by atoms with Gasteiger partial charge in [0.2, 0.25) is 5.95 Å². The number of hydrogen-bond donors (Lipinski definition) is 3. The summed E-state index contributed by atoms with van der Waals surface area (Å²) in [6.45, 7) is 2.17. The van der Waals surface area contributed by atoms with Crippen LogP contribution in [0.25, 0.3) is 33.1 Å². The normalized spacial score (nSPS) is 11.1. The maximum Gasteiger partial charge on any atom is 0.413 e. The molecule has 2 heterocycles. The number of aromatic nitrogens is 4. The summed E-state index contributed by atoms with van der Waals surface area (Å²) in [4.78, 5) is 30.8. The summed E-state index contributed by atoms with van der Waals surface area (Å²) in [5, 5.41) is 8.94. The summed E-state index contributed by atoms with van der Waals surface area (Å²) in [5.41, 5.74) is 1.31. The highest BCUT2D eigenvalue weighted by atomic mass is 19.2. The Kier molecular flexibility index (Phi) is 4.67. The van der Waals surface area contributed by atoms with Crippen LogP contribution >= 0.6 is 0 Å². The quantitative estimate of drug-likeness (QED) is 0.484. The Morgan fingerprint density at radius 2 is 1.93 bits per heavy atom. The summed E-state index contributed by atoms with van der Waals surface area (Å²) in [5.74, 6) is -1.99. The van der Waals surface area contributed by atoms with Crippen molar-refractivity contribution < 1.29 is 18.3 Å². The van der Waals surface area contributed by atoms with Crippen LogP contribution in [0.3, 0.4) is 0 Å². The van der Waals surface area contributed by atoms with E-state index in [-0.39, 0.29) is 29.0 Å². The number of ether oxygens (including phenoxy) is 1. The maximum absolute atomic E-state index is 13.8. The van der Waals surface area contributed by atoms with Crippen LogP contribution in [-0.2, 0) is 4.74 Å². The minimum atomic E-state index is -1.12. The molecule has 8 nitrogen and oxygen atoms in total. The molecule has 0 saturated carbocycles. The minimum absolute atomic E-state index is 0.0142. The third kappa shape index (κ3) is 3.51. The van der Waals surface area contributed by atoms with E-state index in [1.54, 1.807) is 18.2 Å². The van der Waals surface area contributed by atoms with Gasteiger partial charge in [0.15, 0.2) is 11.6 Å². The lowest BCUT2D eigenvalue weighted by Crippen LogP contribution is -2.14. The molecular formula is C19H15F2N5O3. The van der Waals surface area contributed by atoms with Crippen molar-refractivity contribution in [3.63, 3.8) is 0 Å². The Morgan fingerprint density at radius 3 is 2.69 bits per heavy atom. The number of carbonyl (C=O) groups is 1. The van der Waals surface area contributed by atoms with Gasteiger partial charge >= 0.3 is 6.09 Å². The highest BCUT2D eigenvalue weighted by Crippen LogP contribution is 2.28. The summed E-state index contributed by atoms with van der Waals surface area (Å²) in [6, 6.07) is 6.79. The standard InChI is InChI=1S/C19H15F2N5O3/c1-2-5-29-19(28)24-18-22-14-4-3-9(6-15(14)23-18)16-10-7-12(20)13(21)8-11(10)17(27)26-25-16/h3-4,6-8H,2,5H2,1H3,(H,26,27)(H2,22,23,24,28). The number of imidazole rings is 1. The van der Waals surface area contributed by atoms with Gasteiger partial charge in [-0.25, -0.2) is 23.7 Å². The summed E-state index contributed by atoms with van der Waals surface area (Å²) < 4.78 is 32.3. The molecule has 0 atom stereocenters. The van der Waals surface area contributed by atoms with E-state index in [0.29, 0.717) is 23.0 Å². The predicted octanol–water partition coefficient (Wildman–Crippen LogP) is 3.70. The van der Waals surface area contributed by atoms with Crippen LogP contribution in [0.15, 0.2) is 35.1 Å². The van der Waals surface area contributed by atoms with Crippen LogP contribution in [0.5, 0.6) is 0 Å². The van der Waals surface area contributed by atoms with Gasteiger partial charge in [-0.2, -0.15) is 5.10 Å². The van der Waals surface area contributed by atoms with Gasteiger partial charge in [-0.1, -0.05) is 13.0 Å². The molecule has 148 valence electrons. The number of anilines is 1. The number of carbonyl (C=O) groups excluding carboxylic acids is 1. The van der Waals surface area contributed by atoms with Crippen molar-refractivity contribution in [2.24, 2.45) is 0 Å². The van der Waals surface area contributed by atoms with Crippen molar-refractivity contribution in [3.05, 3.63) is 52.3 Å². The predicted molar refractivity (Wildman–Crippen MR) is 103 cm³/mol. The highest BCUT2D eigenvalue weighted by molar-refractivity contribution is 5.96. The van der Waals surface area contributed by atoms with Gasteiger partial charge in [0.25, 0.3) is 5.56 Å². The zero-order valence-electron chi connectivity index (χ0n) is 15.2. The Hall–Kier alpha value is -3.82. The molecular weight excluding hydrogens is 384 g/mol. The van der Waals surface area contributed by atoms with Crippen LogP contribution in [0.4, 0.5) is 19.5 Å². The average Bonchev–Trinajstić information content (AvgIpc) is 3.09. The van der Waals surface area contributed by atoms with Gasteiger partial charge in [0.05, 0.1) is 28.7 Å². The largest absolute Gasteiger partial charge is 0.449 e. The number of fused-ring (bicyclic) bond motifs is 2. The second-order valence-corrected chi connectivity index (χ2v) is 6.29. The second kappa shape index (κ2) is 7.30. The molecule has 4 aromatic rings. The fourth-order valence-electron chi connectivity index (χ4n) is 2.92. The Labute approximate surface area is 161 Å². The van der Waals surface area contributed by atoms with Gasteiger partial charge in [0.1, 0.15) is 0 Å². The molecule has 2 aromatic carbocycles. The first-order valence-corrected chi connectivity index (χ1v) is 8.77. The first-order chi connectivity index (χ1) is 14.0. The zero-order valence-corrected chi connectivity index (χ0v) is 15.2. The second-order valence-electron chi connectivity index (χ2n) is 6.29. The molecule has 0 spiro atoms. The summed E-state index contributed by atoms with van der Waals surface area (Å²) in [7, 11) is 0. The smallest absolute Gasteiger partial charge is 0.413 e. The molecule has 3 N–H and O–H groups in total. The molecule has 0 unspecified atom stereocenters. The molecule has 0 aliphatic heterocycles. The van der Waals surface area contributed by atoms with Gasteiger partial charge in [0, 0.05) is 10.9 Å². The van der Waals surface area contributed by atoms with Gasteiger partial charge < -0.3 is 9.72 Å². The van der Waals surface area contributed by atoms with E-state index in [2.05, 4.69) is 25.5 Å². The van der Waals surface area contributed by atoms with Crippen molar-refractivity contribution >= 4 is 33.8 Å². The van der Waals surface area contributed by atoms with E-state index in [9.17, 15) is 18.4 Å². The maximum atomic E-state index is 13.8. The summed E-state index contributed by atoms with van der Waals surface area (Å²) in [6.07, 6.45) is 0.0681. The van der Waals surface area contributed by atoms with E-state index in [1.807, 2.05) is 6.92 Å². The van der Waals surface area contributed by atoms with Crippen LogP contribution < -0.4 is 10.9 Å². The van der Waals surface area contributed by atoms with Gasteiger partial charge in [-0.05, 0) is 30.7 Å². The number of H-pyrrole nitrogens is 2. The lowest BCUT2D eigenvalue weighted by molar-refractivity contribution is 0.161. The number of hydrogen-bond acceptors (Lipinski definition) is 5. The van der Waals surface area contributed by atoms with Crippen molar-refractivity contribution in [3.8, 4) is 11.3 Å². The van der Waals surface area contributed by atoms with Crippen LogP contribution in [-0.4, -0.2) is 32.9 Å². The number of nitrogens with one attached hydrogen (secondary N) is 3. The monoisotopic (exact) mass is 399 g/mol. The van der Waals surface area contributed by atoms with Crippen molar-refractivity contribution in [2.75, 3.05) is 11.9 Å². The Bertz CT molecular complexity index is 1300. The molecule has 4 rings (SSSR count). The number of benzene rings is 2. The minimum Gasteiger partial charge on any atom is -0.449 e. The van der Waals surface area contributed by atoms with E-state index < -0.39 is 23.3 Å². The number of halogens is 2. The van der Waals surface area contributed by atoms with Crippen molar-refractivity contribution in [1.29, 1.82) is 0 Å². The molecule has 0 saturated heterocycles. The van der Waals surface area contributed by atoms with Crippen LogP contribution in [0.1, 0.15) is 13.3 Å². The lowest BCUT2D eigenvalue weighted by Gasteiger charge is -2.06. The first-order valence-electron chi connectivity index (χ1n) is 8.77. The zero-order chi connectivity index (χ0) is 20.5. The Morgan fingerprint density at radius 1 is 1.17 bits per heavy atom. The SMILES string of the molecule is CCCOC(=O)Nc1nc2ccc(-c3n[nH]c(=O)c4cc(F)c(F)cc34)cc2[nH]1. The van der Waals surface area contributed by atoms with Crippen molar-refractivity contribution in [2.45, 2.75) is 13.3 Å². The van der Waals surface area contributed by atoms with Crippen LogP contribution in [0.2, 0.25) is 0 Å². The number of aromatic amines is 2. The van der Waals surface area contributed by atoms with E-state index in [1.165, 1.54) is 0 Å². The molecule has 0 aliphatic carbocycles. The Balaban J connectivity index is 1.75. The molecule has 29 heavy (non-hydrogen) atoms. The molecule has 0 fully saturated rings. The van der Waals surface area contributed by atoms with Crippen LogP contribution in [0, 0.1) is 11.6 Å².